The summed E-state index contributed by atoms with van der Waals surface area (Å²) < 4.78 is 6.61. The summed E-state index contributed by atoms with van der Waals surface area (Å²) in [7, 11) is 0. The number of nitrogens with zero attached hydrogens (tertiary/aromatic N) is 1. The molecule has 0 aromatic heterocycles. The Bertz CT molecular complexity index is 1270. The number of amides is 3. The first-order valence-corrected chi connectivity index (χ1v) is 12.1. The predicted molar refractivity (Wildman–Crippen MR) is 138 cm³/mol. The average molecular weight is 558 g/mol. The van der Waals surface area contributed by atoms with Gasteiger partial charge in [0.25, 0.3) is 17.1 Å². The fraction of sp³-hybridized carbons (Fsp3) is 0.0800. The van der Waals surface area contributed by atoms with Crippen LogP contribution in [0.1, 0.15) is 11.1 Å². The highest BCUT2D eigenvalue weighted by molar-refractivity contribution is 9.10. The summed E-state index contributed by atoms with van der Waals surface area (Å²) in [6.45, 7) is -0.0593. The number of ether oxygens (including phenoxy) is 1. The van der Waals surface area contributed by atoms with Crippen LogP contribution in [-0.4, -0.2) is 28.6 Å². The zero-order chi connectivity index (χ0) is 24.1. The molecule has 0 aliphatic carbocycles. The maximum atomic E-state index is 12.9. The van der Waals surface area contributed by atoms with Gasteiger partial charge >= 0.3 is 0 Å². The number of halogens is 2. The lowest BCUT2D eigenvalue weighted by atomic mass is 10.1. The van der Waals surface area contributed by atoms with Crippen LogP contribution < -0.4 is 10.1 Å². The Labute approximate surface area is 214 Å². The highest BCUT2D eigenvalue weighted by Gasteiger charge is 2.35. The number of hydrogen-bond acceptors (Lipinski definition) is 5. The maximum Gasteiger partial charge on any atom is 0.293 e. The summed E-state index contributed by atoms with van der Waals surface area (Å²) >= 11 is 10.4. The van der Waals surface area contributed by atoms with Crippen molar-refractivity contribution in [3.63, 3.8) is 0 Å². The number of hydrogen-bond donors (Lipinski definition) is 1. The van der Waals surface area contributed by atoms with E-state index in [1.807, 2.05) is 42.5 Å². The largest absolute Gasteiger partial charge is 0.483 e. The second-order valence-electron chi connectivity index (χ2n) is 7.28. The molecule has 0 spiro atoms. The van der Waals surface area contributed by atoms with Gasteiger partial charge in [-0.15, -0.1) is 0 Å². The molecule has 3 aromatic carbocycles. The fourth-order valence-electron chi connectivity index (χ4n) is 3.18. The van der Waals surface area contributed by atoms with Crippen molar-refractivity contribution in [2.75, 3.05) is 11.9 Å². The third kappa shape index (κ3) is 6.08. The Morgan fingerprint density at radius 3 is 2.53 bits per heavy atom. The minimum Gasteiger partial charge on any atom is -0.483 e. The molecular formula is C25H18BrClN2O4S. The number of carbonyl (C=O) groups excluding carboxylic acids is 3. The van der Waals surface area contributed by atoms with Crippen molar-refractivity contribution in [1.29, 1.82) is 0 Å². The topological polar surface area (TPSA) is 75.7 Å². The lowest BCUT2D eigenvalue weighted by molar-refractivity contribution is -0.123. The van der Waals surface area contributed by atoms with Crippen LogP contribution >= 0.6 is 39.3 Å². The van der Waals surface area contributed by atoms with Crippen molar-refractivity contribution in [2.24, 2.45) is 0 Å². The number of benzene rings is 3. The third-order valence-electron chi connectivity index (χ3n) is 4.80. The predicted octanol–water partition coefficient (Wildman–Crippen LogP) is 6.36. The minimum absolute atomic E-state index is 0.174. The van der Waals surface area contributed by atoms with E-state index in [1.54, 1.807) is 36.4 Å². The molecule has 0 atom stereocenters. The molecule has 0 unspecified atom stereocenters. The summed E-state index contributed by atoms with van der Waals surface area (Å²) in [5.74, 6) is -0.361. The summed E-state index contributed by atoms with van der Waals surface area (Å²) in [6, 6.07) is 21.3. The summed E-state index contributed by atoms with van der Waals surface area (Å²) in [5, 5.41) is 2.82. The van der Waals surface area contributed by atoms with Gasteiger partial charge in [0.05, 0.1) is 11.4 Å². The van der Waals surface area contributed by atoms with E-state index >= 15 is 0 Å². The number of rotatable bonds is 7. The van der Waals surface area contributed by atoms with Crippen LogP contribution in [0.2, 0.25) is 5.02 Å². The third-order valence-corrected chi connectivity index (χ3v) is 6.47. The number of imide groups is 1. The smallest absolute Gasteiger partial charge is 0.293 e. The van der Waals surface area contributed by atoms with Gasteiger partial charge < -0.3 is 10.1 Å². The Morgan fingerprint density at radius 1 is 1.06 bits per heavy atom. The first-order chi connectivity index (χ1) is 16.4. The van der Waals surface area contributed by atoms with Gasteiger partial charge in [0.1, 0.15) is 5.75 Å². The standard InChI is InChI=1S/C25H18BrClN2O4S/c26-18-8-6-16(7-9-18)14-29-24(31)22(34-25(29)32)13-17-12-19(27)10-11-21(17)33-15-23(30)28-20-4-2-1-3-5-20/h1-13H,14-15H2,(H,28,30)/b22-13-. The quantitative estimate of drug-likeness (QED) is 0.342. The first-order valence-electron chi connectivity index (χ1n) is 10.2. The molecule has 1 fully saturated rings. The SMILES string of the molecule is O=C(COc1ccc(Cl)cc1/C=C1\SC(=O)N(Cc2ccc(Br)cc2)C1=O)Nc1ccccc1. The Hall–Kier alpha value is -3.07. The van der Waals surface area contributed by atoms with Gasteiger partial charge in [-0.05, 0) is 65.9 Å². The molecule has 3 amide bonds. The van der Waals surface area contributed by atoms with Crippen molar-refractivity contribution in [3.8, 4) is 5.75 Å². The van der Waals surface area contributed by atoms with Crippen LogP contribution in [0.4, 0.5) is 10.5 Å². The average Bonchev–Trinajstić information content (AvgIpc) is 3.08. The molecular weight excluding hydrogens is 540 g/mol. The van der Waals surface area contributed by atoms with E-state index in [1.165, 1.54) is 4.90 Å². The van der Waals surface area contributed by atoms with E-state index in [9.17, 15) is 14.4 Å². The zero-order valence-corrected chi connectivity index (χ0v) is 20.8. The monoisotopic (exact) mass is 556 g/mol. The van der Waals surface area contributed by atoms with Gasteiger partial charge in [0, 0.05) is 20.7 Å². The number of thioether (sulfide) groups is 1. The first kappa shape index (κ1) is 24.1. The molecule has 172 valence electrons. The van der Waals surface area contributed by atoms with E-state index in [0.717, 1.165) is 21.8 Å². The molecule has 9 heteroatoms. The van der Waals surface area contributed by atoms with Crippen molar-refractivity contribution in [2.45, 2.75) is 6.54 Å². The molecule has 3 aromatic rings. The van der Waals surface area contributed by atoms with Crippen molar-refractivity contribution >= 4 is 68.1 Å². The Balaban J connectivity index is 1.48. The van der Waals surface area contributed by atoms with Gasteiger partial charge in [-0.1, -0.05) is 57.9 Å². The fourth-order valence-corrected chi connectivity index (χ4v) is 4.45. The summed E-state index contributed by atoms with van der Waals surface area (Å²) in [5.41, 5.74) is 1.99. The lowest BCUT2D eigenvalue weighted by Crippen LogP contribution is -2.27. The van der Waals surface area contributed by atoms with E-state index in [4.69, 9.17) is 16.3 Å². The molecule has 1 N–H and O–H groups in total. The Morgan fingerprint density at radius 2 is 1.79 bits per heavy atom. The molecule has 1 aliphatic heterocycles. The highest BCUT2D eigenvalue weighted by atomic mass is 79.9. The minimum atomic E-state index is -0.398. The van der Waals surface area contributed by atoms with E-state index in [2.05, 4.69) is 21.2 Å². The highest BCUT2D eigenvalue weighted by Crippen LogP contribution is 2.35. The van der Waals surface area contributed by atoms with Gasteiger partial charge in [-0.25, -0.2) is 0 Å². The number of anilines is 1. The molecule has 0 saturated carbocycles. The lowest BCUT2D eigenvalue weighted by Gasteiger charge is -2.12. The second-order valence-corrected chi connectivity index (χ2v) is 9.62. The van der Waals surface area contributed by atoms with Gasteiger partial charge in [0.2, 0.25) is 0 Å². The Kier molecular flexibility index (Phi) is 7.72. The van der Waals surface area contributed by atoms with Crippen LogP contribution in [0, 0.1) is 0 Å². The van der Waals surface area contributed by atoms with Crippen molar-refractivity contribution < 1.29 is 19.1 Å². The van der Waals surface area contributed by atoms with E-state index in [-0.39, 0.29) is 29.2 Å². The van der Waals surface area contributed by atoms with E-state index < -0.39 is 5.91 Å². The van der Waals surface area contributed by atoms with Crippen LogP contribution in [0.3, 0.4) is 0 Å². The van der Waals surface area contributed by atoms with Crippen LogP contribution in [-0.2, 0) is 16.1 Å². The van der Waals surface area contributed by atoms with Crippen molar-refractivity contribution in [3.05, 3.63) is 98.3 Å². The molecule has 4 rings (SSSR count). The van der Waals surface area contributed by atoms with Gasteiger partial charge in [-0.3, -0.25) is 19.3 Å². The summed E-state index contributed by atoms with van der Waals surface area (Å²) in [4.78, 5) is 39.1. The van der Waals surface area contributed by atoms with Gasteiger partial charge in [-0.2, -0.15) is 0 Å². The summed E-state index contributed by atoms with van der Waals surface area (Å²) in [6.07, 6.45) is 1.56. The molecule has 6 nitrogen and oxygen atoms in total. The van der Waals surface area contributed by atoms with Crippen molar-refractivity contribution in [1.82, 2.24) is 4.90 Å². The molecule has 34 heavy (non-hydrogen) atoms. The molecule has 1 aliphatic rings. The molecule has 1 heterocycles. The molecule has 0 bridgehead atoms. The van der Waals surface area contributed by atoms with Crippen LogP contribution in [0.5, 0.6) is 5.75 Å². The van der Waals surface area contributed by atoms with Crippen LogP contribution in [0.15, 0.2) is 82.2 Å². The molecule has 0 radical (unpaired) electrons. The number of carbonyl (C=O) groups is 3. The van der Waals surface area contributed by atoms with E-state index in [0.29, 0.717) is 22.0 Å². The molecule has 1 saturated heterocycles. The zero-order valence-electron chi connectivity index (χ0n) is 17.7. The number of para-hydroxylation sites is 1. The van der Waals surface area contributed by atoms with Gasteiger partial charge in [0.15, 0.2) is 6.61 Å². The van der Waals surface area contributed by atoms with Crippen LogP contribution in [0.25, 0.3) is 6.08 Å². The maximum absolute atomic E-state index is 12.9. The number of nitrogens with one attached hydrogen (secondary N) is 1. The second kappa shape index (κ2) is 10.9. The normalized spacial score (nSPS) is 14.5.